The molecule has 2 aromatic heterocycles. The summed E-state index contributed by atoms with van der Waals surface area (Å²) in [6, 6.07) is 1.59. The van der Waals surface area contributed by atoms with Crippen molar-refractivity contribution in [2.24, 2.45) is 0 Å². The summed E-state index contributed by atoms with van der Waals surface area (Å²) in [4.78, 5) is 16.1. The van der Waals surface area contributed by atoms with E-state index in [4.69, 9.17) is 9.84 Å². The summed E-state index contributed by atoms with van der Waals surface area (Å²) in [6.45, 7) is -0.434. The fraction of sp³-hybridized carbons (Fsp3) is 0.455. The first-order valence-electron chi connectivity index (χ1n) is 5.80. The van der Waals surface area contributed by atoms with Crippen molar-refractivity contribution in [2.45, 2.75) is 24.5 Å². The lowest BCUT2D eigenvalue weighted by molar-refractivity contribution is -0.0550. The molecule has 0 amide bonds. The van der Waals surface area contributed by atoms with Gasteiger partial charge in [-0.1, -0.05) is 0 Å². The summed E-state index contributed by atoms with van der Waals surface area (Å²) in [5, 5.41) is 28.6. The largest absolute Gasteiger partial charge is 0.394 e. The third kappa shape index (κ3) is 1.77. The van der Waals surface area contributed by atoms with Gasteiger partial charge in [-0.15, -0.1) is 0 Å². The number of aliphatic hydroxyl groups excluding tert-OH is 3. The van der Waals surface area contributed by atoms with Gasteiger partial charge < -0.3 is 20.1 Å². The average molecular weight is 267 g/mol. The molecule has 1 aliphatic heterocycles. The second kappa shape index (κ2) is 4.42. The van der Waals surface area contributed by atoms with Crippen LogP contribution < -0.4 is 5.69 Å². The smallest absolute Gasteiger partial charge is 0.336 e. The van der Waals surface area contributed by atoms with E-state index >= 15 is 0 Å². The van der Waals surface area contributed by atoms with Gasteiger partial charge in [0.15, 0.2) is 6.23 Å². The molecule has 0 saturated carbocycles. The molecule has 0 aliphatic carbocycles. The SMILES string of the molecule is O=c1n([C@@H]2O[C@H](CO)[C@@H](O)[C@H]2O)ccc2nccn12. The third-order valence-electron chi connectivity index (χ3n) is 3.27. The Morgan fingerprint density at radius 3 is 2.79 bits per heavy atom. The lowest BCUT2D eigenvalue weighted by atomic mass is 10.1. The molecule has 0 radical (unpaired) electrons. The van der Waals surface area contributed by atoms with Gasteiger partial charge in [-0.05, 0) is 6.07 Å². The van der Waals surface area contributed by atoms with Crippen molar-refractivity contribution in [1.82, 2.24) is 14.0 Å². The van der Waals surface area contributed by atoms with Gasteiger partial charge in [0.05, 0.1) is 6.61 Å². The number of imidazole rings is 1. The molecule has 0 bridgehead atoms. The highest BCUT2D eigenvalue weighted by Gasteiger charge is 2.43. The lowest BCUT2D eigenvalue weighted by Crippen LogP contribution is -2.36. The molecular weight excluding hydrogens is 254 g/mol. The maximum Gasteiger partial charge on any atom is 0.336 e. The van der Waals surface area contributed by atoms with Crippen LogP contribution in [0.1, 0.15) is 6.23 Å². The first-order chi connectivity index (χ1) is 9.13. The summed E-state index contributed by atoms with van der Waals surface area (Å²) < 4.78 is 7.77. The molecular formula is C11H13N3O5. The molecule has 102 valence electrons. The van der Waals surface area contributed by atoms with Crippen LogP contribution in [0.4, 0.5) is 0 Å². The number of hydrogen-bond acceptors (Lipinski definition) is 6. The van der Waals surface area contributed by atoms with Crippen molar-refractivity contribution in [2.75, 3.05) is 6.61 Å². The molecule has 3 N–H and O–H groups in total. The molecule has 3 heterocycles. The zero-order valence-corrected chi connectivity index (χ0v) is 9.83. The number of ether oxygens (including phenoxy) is 1. The maximum absolute atomic E-state index is 12.2. The quantitative estimate of drug-likeness (QED) is 0.587. The molecule has 1 aliphatic rings. The van der Waals surface area contributed by atoms with Crippen molar-refractivity contribution in [1.29, 1.82) is 0 Å². The van der Waals surface area contributed by atoms with E-state index in [1.807, 2.05) is 0 Å². The number of nitrogens with zero attached hydrogens (tertiary/aromatic N) is 3. The summed E-state index contributed by atoms with van der Waals surface area (Å²) in [5.74, 6) is 0. The van der Waals surface area contributed by atoms with E-state index in [1.165, 1.54) is 23.0 Å². The molecule has 1 fully saturated rings. The predicted octanol–water partition coefficient (Wildman–Crippen LogP) is -1.89. The molecule has 4 atom stereocenters. The summed E-state index contributed by atoms with van der Waals surface area (Å²) in [6.07, 6.45) is -0.0492. The molecule has 2 aromatic rings. The number of rotatable bonds is 2. The molecule has 8 heteroatoms. The summed E-state index contributed by atoms with van der Waals surface area (Å²) >= 11 is 0. The van der Waals surface area contributed by atoms with E-state index in [-0.39, 0.29) is 0 Å². The van der Waals surface area contributed by atoms with E-state index in [0.717, 1.165) is 4.57 Å². The molecule has 19 heavy (non-hydrogen) atoms. The average Bonchev–Trinajstić information content (AvgIpc) is 2.98. The Morgan fingerprint density at radius 2 is 2.11 bits per heavy atom. The Kier molecular flexibility index (Phi) is 2.86. The highest BCUT2D eigenvalue weighted by molar-refractivity contribution is 5.35. The van der Waals surface area contributed by atoms with Gasteiger partial charge in [-0.2, -0.15) is 0 Å². The Labute approximate surface area is 107 Å². The Morgan fingerprint density at radius 1 is 1.32 bits per heavy atom. The van der Waals surface area contributed by atoms with Gasteiger partial charge in [0.1, 0.15) is 24.0 Å². The number of aliphatic hydroxyl groups is 3. The molecule has 8 nitrogen and oxygen atoms in total. The first-order valence-corrected chi connectivity index (χ1v) is 5.80. The molecule has 0 aromatic carbocycles. The summed E-state index contributed by atoms with van der Waals surface area (Å²) in [5.41, 5.74) is 0.0397. The van der Waals surface area contributed by atoms with Crippen molar-refractivity contribution in [3.05, 3.63) is 35.1 Å². The predicted molar refractivity (Wildman–Crippen MR) is 62.5 cm³/mol. The van der Waals surface area contributed by atoms with Crippen molar-refractivity contribution in [3.8, 4) is 0 Å². The zero-order valence-electron chi connectivity index (χ0n) is 9.83. The fourth-order valence-corrected chi connectivity index (χ4v) is 2.24. The van der Waals surface area contributed by atoms with E-state index in [1.54, 1.807) is 6.07 Å². The van der Waals surface area contributed by atoms with E-state index in [2.05, 4.69) is 4.98 Å². The number of hydrogen-bond donors (Lipinski definition) is 3. The fourth-order valence-electron chi connectivity index (χ4n) is 2.24. The van der Waals surface area contributed by atoms with Crippen LogP contribution in [0.2, 0.25) is 0 Å². The minimum absolute atomic E-state index is 0.434. The lowest BCUT2D eigenvalue weighted by Gasteiger charge is -2.17. The Balaban J connectivity index is 2.05. The monoisotopic (exact) mass is 267 g/mol. The van der Waals surface area contributed by atoms with Crippen molar-refractivity contribution < 1.29 is 20.1 Å². The van der Waals surface area contributed by atoms with Crippen LogP contribution in [0, 0.1) is 0 Å². The minimum Gasteiger partial charge on any atom is -0.394 e. The van der Waals surface area contributed by atoms with Gasteiger partial charge in [-0.3, -0.25) is 8.97 Å². The Hall–Kier alpha value is -1.74. The van der Waals surface area contributed by atoms with Gasteiger partial charge in [-0.25, -0.2) is 9.78 Å². The van der Waals surface area contributed by atoms with Crippen LogP contribution in [-0.2, 0) is 4.74 Å². The minimum atomic E-state index is -1.28. The molecule has 1 saturated heterocycles. The van der Waals surface area contributed by atoms with Gasteiger partial charge in [0, 0.05) is 18.6 Å². The topological polar surface area (TPSA) is 109 Å². The third-order valence-corrected chi connectivity index (χ3v) is 3.27. The zero-order chi connectivity index (χ0) is 13.6. The van der Waals surface area contributed by atoms with Crippen LogP contribution >= 0.6 is 0 Å². The van der Waals surface area contributed by atoms with E-state index < -0.39 is 36.8 Å². The highest BCUT2D eigenvalue weighted by atomic mass is 16.6. The van der Waals surface area contributed by atoms with Crippen molar-refractivity contribution in [3.63, 3.8) is 0 Å². The molecule has 3 rings (SSSR count). The maximum atomic E-state index is 12.2. The van der Waals surface area contributed by atoms with Crippen LogP contribution in [0.3, 0.4) is 0 Å². The second-order valence-corrected chi connectivity index (χ2v) is 4.39. The van der Waals surface area contributed by atoms with Crippen LogP contribution in [-0.4, -0.2) is 54.2 Å². The number of aromatic nitrogens is 3. The number of fused-ring (bicyclic) bond motifs is 1. The first kappa shape index (κ1) is 12.3. The molecule has 0 unspecified atom stereocenters. The van der Waals surface area contributed by atoms with Gasteiger partial charge >= 0.3 is 5.69 Å². The second-order valence-electron chi connectivity index (χ2n) is 4.39. The van der Waals surface area contributed by atoms with Crippen LogP contribution in [0.15, 0.2) is 29.5 Å². The van der Waals surface area contributed by atoms with E-state index in [0.29, 0.717) is 5.65 Å². The molecule has 0 spiro atoms. The van der Waals surface area contributed by atoms with Crippen molar-refractivity contribution >= 4 is 5.65 Å². The van der Waals surface area contributed by atoms with E-state index in [9.17, 15) is 15.0 Å². The van der Waals surface area contributed by atoms with Crippen LogP contribution in [0.25, 0.3) is 5.65 Å². The van der Waals surface area contributed by atoms with Crippen LogP contribution in [0.5, 0.6) is 0 Å². The summed E-state index contributed by atoms with van der Waals surface area (Å²) in [7, 11) is 0. The normalized spacial score (nSPS) is 31.1. The Bertz CT molecular complexity index is 651. The van der Waals surface area contributed by atoms with Gasteiger partial charge in [0.2, 0.25) is 0 Å². The highest BCUT2D eigenvalue weighted by Crippen LogP contribution is 2.27. The van der Waals surface area contributed by atoms with Gasteiger partial charge in [0.25, 0.3) is 0 Å². The standard InChI is InChI=1S/C11H13N3O5/c15-5-6-8(16)9(17)10(19-6)14-3-1-7-12-2-4-13(7)11(14)18/h1-4,6,8-10,15-17H,5H2/t6-,8-,9-,10-/m1/s1.